The van der Waals surface area contributed by atoms with Gasteiger partial charge in [-0.1, -0.05) is 0 Å². The molecule has 41 valence electrons. The Morgan fingerprint density at radius 2 is 2.62 bits per heavy atom. The molecular formula is C5H6N3. The Balaban J connectivity index is 2.93. The van der Waals surface area contributed by atoms with Crippen molar-refractivity contribution in [2.75, 3.05) is 0 Å². The summed E-state index contributed by atoms with van der Waals surface area (Å²) in [5.41, 5.74) is 5.63. The lowest BCUT2D eigenvalue weighted by Crippen LogP contribution is -2.10. The van der Waals surface area contributed by atoms with Gasteiger partial charge in [0.05, 0.1) is 5.69 Å². The zero-order chi connectivity index (χ0) is 5.98. The second-order valence-corrected chi connectivity index (χ2v) is 1.41. The molecule has 3 heteroatoms. The summed E-state index contributed by atoms with van der Waals surface area (Å²) in [5, 5.41) is 6.87. The Labute approximate surface area is 47.0 Å². The number of aromatic nitrogens is 1. The molecule has 1 aromatic rings. The summed E-state index contributed by atoms with van der Waals surface area (Å²) in [6.07, 6.45) is 1.68. The van der Waals surface area contributed by atoms with Gasteiger partial charge in [-0.05, 0) is 6.07 Å². The number of hydrogen-bond acceptors (Lipinski definition) is 1. The molecule has 1 aromatic heterocycles. The predicted molar refractivity (Wildman–Crippen MR) is 30.6 cm³/mol. The van der Waals surface area contributed by atoms with Gasteiger partial charge in [0.25, 0.3) is 0 Å². The van der Waals surface area contributed by atoms with Gasteiger partial charge in [-0.25, -0.2) is 0 Å². The van der Waals surface area contributed by atoms with Crippen LogP contribution < -0.4 is 5.73 Å². The molecule has 4 N–H and O–H groups in total. The van der Waals surface area contributed by atoms with Gasteiger partial charge in [0.1, 0.15) is 5.84 Å². The highest BCUT2D eigenvalue weighted by atomic mass is 14.8. The van der Waals surface area contributed by atoms with Crippen molar-refractivity contribution in [2.24, 2.45) is 5.73 Å². The third-order valence-electron chi connectivity index (χ3n) is 0.808. The number of rotatable bonds is 1. The maximum Gasteiger partial charge on any atom is 0.140 e. The summed E-state index contributed by atoms with van der Waals surface area (Å²) < 4.78 is 0. The first kappa shape index (κ1) is 4.90. The number of nitrogens with two attached hydrogens (primary N) is 1. The predicted octanol–water partition coefficient (Wildman–Crippen LogP) is 0.0990. The van der Waals surface area contributed by atoms with E-state index in [0.29, 0.717) is 5.69 Å². The van der Waals surface area contributed by atoms with Crippen molar-refractivity contribution in [2.45, 2.75) is 0 Å². The molecule has 1 heterocycles. The quantitative estimate of drug-likeness (QED) is 0.346. The molecule has 8 heavy (non-hydrogen) atoms. The highest BCUT2D eigenvalue weighted by molar-refractivity contribution is 5.92. The lowest BCUT2D eigenvalue weighted by atomic mass is 10.4. The molecule has 3 nitrogen and oxygen atoms in total. The van der Waals surface area contributed by atoms with Crippen molar-refractivity contribution < 1.29 is 0 Å². The highest BCUT2D eigenvalue weighted by Crippen LogP contribution is 1.88. The van der Waals surface area contributed by atoms with E-state index in [4.69, 9.17) is 11.1 Å². The van der Waals surface area contributed by atoms with E-state index in [9.17, 15) is 0 Å². The fraction of sp³-hybridized carbons (Fsp3) is 0. The summed E-state index contributed by atoms with van der Waals surface area (Å²) in [6.45, 7) is 0. The third-order valence-corrected chi connectivity index (χ3v) is 0.808. The Morgan fingerprint density at radius 3 is 2.88 bits per heavy atom. The average Bonchev–Trinajstić information content (AvgIpc) is 2.12. The van der Waals surface area contributed by atoms with Crippen LogP contribution in [-0.4, -0.2) is 10.8 Å². The van der Waals surface area contributed by atoms with Crippen molar-refractivity contribution >= 4 is 5.84 Å². The van der Waals surface area contributed by atoms with Crippen LogP contribution in [0.15, 0.2) is 12.3 Å². The minimum Gasteiger partial charge on any atom is -0.382 e. The van der Waals surface area contributed by atoms with Gasteiger partial charge >= 0.3 is 0 Å². The van der Waals surface area contributed by atoms with E-state index < -0.39 is 0 Å². The summed E-state index contributed by atoms with van der Waals surface area (Å²) in [7, 11) is 0. The number of nitrogens with one attached hydrogen (secondary N) is 2. The Kier molecular flexibility index (Phi) is 1.04. The van der Waals surface area contributed by atoms with Crippen LogP contribution in [0.4, 0.5) is 0 Å². The van der Waals surface area contributed by atoms with E-state index in [1.165, 1.54) is 0 Å². The van der Waals surface area contributed by atoms with Crippen LogP contribution in [0.5, 0.6) is 0 Å². The molecule has 0 unspecified atom stereocenters. The largest absolute Gasteiger partial charge is 0.382 e. The summed E-state index contributed by atoms with van der Waals surface area (Å²) >= 11 is 0. The number of aromatic amines is 1. The zero-order valence-corrected chi connectivity index (χ0v) is 4.23. The second-order valence-electron chi connectivity index (χ2n) is 1.41. The standard InChI is InChI=1S/C5H6N3/c6-5(7)4-2-1-3-8-4/h1,3,8H,(H3,6,7). The molecule has 0 fully saturated rings. The fourth-order valence-electron chi connectivity index (χ4n) is 0.447. The van der Waals surface area contributed by atoms with Crippen LogP contribution in [0.3, 0.4) is 0 Å². The van der Waals surface area contributed by atoms with E-state index in [1.807, 2.05) is 0 Å². The first-order valence-electron chi connectivity index (χ1n) is 2.20. The Bertz CT molecular complexity index is 176. The number of hydrogen-bond donors (Lipinski definition) is 3. The first-order valence-corrected chi connectivity index (χ1v) is 2.20. The smallest absolute Gasteiger partial charge is 0.140 e. The minimum absolute atomic E-state index is 0.0231. The fourth-order valence-corrected chi connectivity index (χ4v) is 0.447. The minimum atomic E-state index is 0.0231. The van der Waals surface area contributed by atoms with Crippen LogP contribution in [0.25, 0.3) is 0 Å². The van der Waals surface area contributed by atoms with Gasteiger partial charge in [0, 0.05) is 12.3 Å². The monoisotopic (exact) mass is 108 g/mol. The lowest BCUT2D eigenvalue weighted by Gasteiger charge is -1.86. The molecule has 1 radical (unpaired) electrons. The molecule has 0 atom stereocenters. The lowest BCUT2D eigenvalue weighted by molar-refractivity contribution is 1.31. The van der Waals surface area contributed by atoms with Crippen molar-refractivity contribution in [3.05, 3.63) is 24.0 Å². The molecule has 0 saturated heterocycles. The van der Waals surface area contributed by atoms with Crippen LogP contribution in [0, 0.1) is 11.5 Å². The van der Waals surface area contributed by atoms with Crippen molar-refractivity contribution in [3.63, 3.8) is 0 Å². The number of amidine groups is 1. The van der Waals surface area contributed by atoms with Crippen molar-refractivity contribution in [1.82, 2.24) is 4.98 Å². The summed E-state index contributed by atoms with van der Waals surface area (Å²) in [5.74, 6) is 0.0231. The number of nitrogen functional groups attached to an aromatic ring is 1. The maximum absolute atomic E-state index is 6.87. The van der Waals surface area contributed by atoms with Crippen LogP contribution in [0.2, 0.25) is 0 Å². The maximum atomic E-state index is 6.87. The van der Waals surface area contributed by atoms with E-state index in [-0.39, 0.29) is 5.84 Å². The summed E-state index contributed by atoms with van der Waals surface area (Å²) in [6, 6.07) is 4.41. The zero-order valence-electron chi connectivity index (χ0n) is 4.23. The second kappa shape index (κ2) is 1.69. The van der Waals surface area contributed by atoms with Gasteiger partial charge in [-0.3, -0.25) is 5.41 Å². The normalized spacial score (nSPS) is 9.00. The van der Waals surface area contributed by atoms with Gasteiger partial charge in [-0.2, -0.15) is 0 Å². The Hall–Kier alpha value is -1.25. The topological polar surface area (TPSA) is 65.7 Å². The Morgan fingerprint density at radius 1 is 1.88 bits per heavy atom. The molecule has 0 amide bonds. The molecule has 0 saturated carbocycles. The van der Waals surface area contributed by atoms with Gasteiger partial charge in [-0.15, -0.1) is 0 Å². The van der Waals surface area contributed by atoms with Crippen LogP contribution in [-0.2, 0) is 0 Å². The van der Waals surface area contributed by atoms with Crippen molar-refractivity contribution in [1.29, 1.82) is 5.41 Å². The van der Waals surface area contributed by atoms with Gasteiger partial charge < -0.3 is 10.7 Å². The molecule has 0 aliphatic heterocycles. The third kappa shape index (κ3) is 0.703. The SMILES string of the molecule is N=C(N)c1[c]cc[nH]1. The van der Waals surface area contributed by atoms with E-state index >= 15 is 0 Å². The first-order chi connectivity index (χ1) is 3.80. The van der Waals surface area contributed by atoms with E-state index in [1.54, 1.807) is 12.3 Å². The highest BCUT2D eigenvalue weighted by Gasteiger charge is 1.91. The van der Waals surface area contributed by atoms with Gasteiger partial charge in [0.15, 0.2) is 0 Å². The van der Waals surface area contributed by atoms with Crippen molar-refractivity contribution in [3.8, 4) is 0 Å². The molecule has 1 rings (SSSR count). The van der Waals surface area contributed by atoms with Gasteiger partial charge in [0.2, 0.25) is 0 Å². The van der Waals surface area contributed by atoms with E-state index in [2.05, 4.69) is 11.1 Å². The molecule has 0 aliphatic carbocycles. The van der Waals surface area contributed by atoms with Crippen LogP contribution in [0.1, 0.15) is 5.69 Å². The molecule has 0 bridgehead atoms. The average molecular weight is 108 g/mol. The molecule has 0 aliphatic rings. The number of H-pyrrole nitrogens is 1. The molecule has 0 aromatic carbocycles. The van der Waals surface area contributed by atoms with Crippen LogP contribution >= 0.6 is 0 Å². The van der Waals surface area contributed by atoms with E-state index in [0.717, 1.165) is 0 Å². The summed E-state index contributed by atoms with van der Waals surface area (Å²) in [4.78, 5) is 2.73. The molecular weight excluding hydrogens is 102 g/mol. The molecule has 0 spiro atoms.